The topological polar surface area (TPSA) is 47.3 Å². The van der Waals surface area contributed by atoms with Crippen LogP contribution in [0, 0.1) is 0 Å². The van der Waals surface area contributed by atoms with E-state index in [0.29, 0.717) is 10.3 Å². The van der Waals surface area contributed by atoms with E-state index in [4.69, 9.17) is 0 Å². The summed E-state index contributed by atoms with van der Waals surface area (Å²) in [5, 5.41) is 6.11. The first-order valence-corrected chi connectivity index (χ1v) is 8.43. The zero-order valence-electron chi connectivity index (χ0n) is 12.6. The summed E-state index contributed by atoms with van der Waals surface area (Å²) in [5.41, 5.74) is 1.84. The molecule has 4 nitrogen and oxygen atoms in total. The minimum Gasteiger partial charge on any atom is -0.267 e. The molecule has 0 amide bonds. The van der Waals surface area contributed by atoms with Gasteiger partial charge in [0.2, 0.25) is 4.96 Å². The van der Waals surface area contributed by atoms with Crippen LogP contribution in [0.25, 0.3) is 15.9 Å². The van der Waals surface area contributed by atoms with E-state index in [9.17, 15) is 4.79 Å². The zero-order chi connectivity index (χ0) is 15.8. The monoisotopic (exact) mass is 321 g/mol. The van der Waals surface area contributed by atoms with Crippen LogP contribution < -0.4 is 5.56 Å². The molecule has 0 saturated carbocycles. The third-order valence-corrected chi connectivity index (χ3v) is 5.05. The van der Waals surface area contributed by atoms with Crippen molar-refractivity contribution in [1.29, 1.82) is 0 Å². The Balaban J connectivity index is 1.93. The maximum absolute atomic E-state index is 12.6. The molecule has 0 saturated heterocycles. The van der Waals surface area contributed by atoms with Crippen molar-refractivity contribution in [2.75, 3.05) is 0 Å². The molecule has 0 aliphatic carbocycles. The van der Waals surface area contributed by atoms with Crippen LogP contribution in [0.15, 0.2) is 59.4 Å². The summed E-state index contributed by atoms with van der Waals surface area (Å²) in [5.74, 6) is 0.186. The summed E-state index contributed by atoms with van der Waals surface area (Å²) < 4.78 is 1.44. The Bertz CT molecular complexity index is 1040. The van der Waals surface area contributed by atoms with Crippen LogP contribution in [0.1, 0.15) is 29.8 Å². The minimum atomic E-state index is -0.101. The largest absolute Gasteiger partial charge is 0.283 e. The van der Waals surface area contributed by atoms with Gasteiger partial charge in [-0.1, -0.05) is 60.7 Å². The number of hydrogen-bond donors (Lipinski definition) is 0. The van der Waals surface area contributed by atoms with Crippen LogP contribution >= 0.6 is 11.3 Å². The second kappa shape index (κ2) is 5.59. The van der Waals surface area contributed by atoms with Gasteiger partial charge in [0.25, 0.3) is 5.56 Å². The van der Waals surface area contributed by atoms with Crippen LogP contribution in [0.4, 0.5) is 0 Å². The molecule has 4 aromatic rings. The fraction of sp³-hybridized carbons (Fsp3) is 0.167. The van der Waals surface area contributed by atoms with Crippen LogP contribution in [-0.2, 0) is 0 Å². The van der Waals surface area contributed by atoms with Crippen LogP contribution in [0.3, 0.4) is 0 Å². The second-order valence-electron chi connectivity index (χ2n) is 5.44. The lowest BCUT2D eigenvalue weighted by Crippen LogP contribution is -2.15. The lowest BCUT2D eigenvalue weighted by atomic mass is 9.97. The Kier molecular flexibility index (Phi) is 3.42. The van der Waals surface area contributed by atoms with Gasteiger partial charge >= 0.3 is 0 Å². The number of hydrogen-bond acceptors (Lipinski definition) is 4. The molecule has 0 bridgehead atoms. The summed E-state index contributed by atoms with van der Waals surface area (Å²) in [4.78, 5) is 17.9. The van der Waals surface area contributed by atoms with E-state index in [1.165, 1.54) is 21.4 Å². The van der Waals surface area contributed by atoms with E-state index >= 15 is 0 Å². The Morgan fingerprint density at radius 2 is 1.83 bits per heavy atom. The Morgan fingerprint density at radius 1 is 1.09 bits per heavy atom. The number of aromatic nitrogens is 3. The van der Waals surface area contributed by atoms with Gasteiger partial charge in [-0.25, -0.2) is 4.98 Å². The number of fused-ring (bicyclic) bond motifs is 2. The number of rotatable bonds is 3. The molecule has 1 unspecified atom stereocenters. The fourth-order valence-electron chi connectivity index (χ4n) is 2.85. The minimum absolute atomic E-state index is 0.101. The summed E-state index contributed by atoms with van der Waals surface area (Å²) in [6, 6.07) is 17.7. The van der Waals surface area contributed by atoms with Gasteiger partial charge in [0.05, 0.1) is 10.9 Å². The van der Waals surface area contributed by atoms with E-state index < -0.39 is 0 Å². The van der Waals surface area contributed by atoms with Gasteiger partial charge in [-0.3, -0.25) is 4.79 Å². The van der Waals surface area contributed by atoms with Crippen LogP contribution in [0.2, 0.25) is 0 Å². The first-order chi connectivity index (χ1) is 11.3. The standard InChI is InChI=1S/C18H15N3OS/c1-2-13(12-8-4-3-5-9-12)16-20-21-17(22)14-10-6-7-11-15(14)19-18(21)23-16/h3-11,13H,2H2,1H3. The average Bonchev–Trinajstić information content (AvgIpc) is 3.01. The van der Waals surface area contributed by atoms with Crippen molar-refractivity contribution < 1.29 is 0 Å². The zero-order valence-corrected chi connectivity index (χ0v) is 13.5. The number of benzene rings is 2. The molecule has 5 heteroatoms. The highest BCUT2D eigenvalue weighted by molar-refractivity contribution is 7.16. The predicted octanol–water partition coefficient (Wildman–Crippen LogP) is 3.85. The predicted molar refractivity (Wildman–Crippen MR) is 93.2 cm³/mol. The van der Waals surface area contributed by atoms with Crippen LogP contribution in [0.5, 0.6) is 0 Å². The van der Waals surface area contributed by atoms with E-state index in [2.05, 4.69) is 29.1 Å². The third kappa shape index (κ3) is 2.33. The summed E-state index contributed by atoms with van der Waals surface area (Å²) in [6.45, 7) is 2.14. The smallest absolute Gasteiger partial charge is 0.267 e. The van der Waals surface area contributed by atoms with Gasteiger partial charge in [0.15, 0.2) is 0 Å². The average molecular weight is 321 g/mol. The van der Waals surface area contributed by atoms with E-state index in [1.807, 2.05) is 36.4 Å². The van der Waals surface area contributed by atoms with Gasteiger partial charge in [-0.2, -0.15) is 9.61 Å². The Labute approximate surface area is 137 Å². The van der Waals surface area contributed by atoms with Crippen molar-refractivity contribution in [3.8, 4) is 0 Å². The summed E-state index contributed by atoms with van der Waals surface area (Å²) in [7, 11) is 0. The molecular formula is C18H15N3OS. The summed E-state index contributed by atoms with van der Waals surface area (Å²) >= 11 is 1.49. The van der Waals surface area contributed by atoms with Crippen molar-refractivity contribution in [2.45, 2.75) is 19.3 Å². The highest BCUT2D eigenvalue weighted by atomic mass is 32.1. The molecular weight excluding hydrogens is 306 g/mol. The molecule has 2 aromatic heterocycles. The van der Waals surface area contributed by atoms with Crippen LogP contribution in [-0.4, -0.2) is 14.6 Å². The van der Waals surface area contributed by atoms with E-state index in [1.54, 1.807) is 6.07 Å². The first kappa shape index (κ1) is 14.1. The third-order valence-electron chi connectivity index (χ3n) is 4.03. The van der Waals surface area contributed by atoms with Gasteiger partial charge in [0.1, 0.15) is 5.01 Å². The number of nitrogens with zero attached hydrogens (tertiary/aromatic N) is 3. The van der Waals surface area contributed by atoms with Gasteiger partial charge in [0, 0.05) is 5.92 Å². The SMILES string of the molecule is CCC(c1ccccc1)c1nn2c(=O)c3ccccc3nc2s1. The molecule has 4 rings (SSSR count). The van der Waals surface area contributed by atoms with Gasteiger partial charge < -0.3 is 0 Å². The molecule has 23 heavy (non-hydrogen) atoms. The first-order valence-electron chi connectivity index (χ1n) is 7.61. The molecule has 0 spiro atoms. The molecule has 2 aromatic carbocycles. The van der Waals surface area contributed by atoms with Gasteiger partial charge in [-0.15, -0.1) is 0 Å². The molecule has 0 aliphatic rings. The lowest BCUT2D eigenvalue weighted by molar-refractivity contribution is 0.737. The molecule has 0 fully saturated rings. The molecule has 0 aliphatic heterocycles. The lowest BCUT2D eigenvalue weighted by Gasteiger charge is -2.10. The summed E-state index contributed by atoms with van der Waals surface area (Å²) in [6.07, 6.45) is 0.929. The molecule has 0 N–H and O–H groups in total. The highest BCUT2D eigenvalue weighted by Crippen LogP contribution is 2.30. The van der Waals surface area contributed by atoms with Crippen molar-refractivity contribution in [2.24, 2.45) is 0 Å². The fourth-order valence-corrected chi connectivity index (χ4v) is 3.96. The Hall–Kier alpha value is -2.53. The van der Waals surface area contributed by atoms with E-state index in [-0.39, 0.29) is 11.5 Å². The highest BCUT2D eigenvalue weighted by Gasteiger charge is 2.18. The molecule has 114 valence electrons. The Morgan fingerprint density at radius 3 is 2.61 bits per heavy atom. The van der Waals surface area contributed by atoms with Gasteiger partial charge in [-0.05, 0) is 24.1 Å². The van der Waals surface area contributed by atoms with E-state index in [0.717, 1.165) is 16.9 Å². The molecule has 0 radical (unpaired) electrons. The molecule has 1 atom stereocenters. The quantitative estimate of drug-likeness (QED) is 0.576. The van der Waals surface area contributed by atoms with Crippen molar-refractivity contribution >= 4 is 27.2 Å². The molecule has 2 heterocycles. The van der Waals surface area contributed by atoms with Crippen molar-refractivity contribution in [3.63, 3.8) is 0 Å². The maximum atomic E-state index is 12.6. The van der Waals surface area contributed by atoms with Crippen molar-refractivity contribution in [3.05, 3.63) is 75.5 Å². The second-order valence-corrected chi connectivity index (χ2v) is 6.43. The normalized spacial score (nSPS) is 12.7. The van der Waals surface area contributed by atoms with Crippen molar-refractivity contribution in [1.82, 2.24) is 14.6 Å². The number of para-hydroxylation sites is 1. The maximum Gasteiger partial charge on any atom is 0.283 e.